The van der Waals surface area contributed by atoms with Crippen LogP contribution in [0.15, 0.2) is 6.07 Å². The summed E-state index contributed by atoms with van der Waals surface area (Å²) < 4.78 is 0. The number of aliphatic hydroxyl groups is 1. The van der Waals surface area contributed by atoms with Crippen LogP contribution in [-0.4, -0.2) is 87.9 Å². The molecule has 4 aliphatic rings. The number of nitrogens with zero attached hydrogens (tertiary/aromatic N) is 2. The summed E-state index contributed by atoms with van der Waals surface area (Å²) in [6.07, 6.45) is 3.47. The van der Waals surface area contributed by atoms with Crippen LogP contribution in [0.25, 0.3) is 0 Å². The van der Waals surface area contributed by atoms with Crippen molar-refractivity contribution in [3.05, 3.63) is 27.8 Å². The molecular formula is C27H32ClN3O7. The largest absolute Gasteiger partial charge is 0.507 e. The average Bonchev–Trinajstić information content (AvgIpc) is 2.84. The lowest BCUT2D eigenvalue weighted by atomic mass is 9.52. The van der Waals surface area contributed by atoms with Crippen LogP contribution in [0.3, 0.4) is 0 Å². The van der Waals surface area contributed by atoms with Crippen molar-refractivity contribution in [2.24, 2.45) is 29.4 Å². The minimum absolute atomic E-state index is 0.00264. The van der Waals surface area contributed by atoms with Gasteiger partial charge in [-0.15, -0.1) is 0 Å². The number of ketones is 4. The van der Waals surface area contributed by atoms with Gasteiger partial charge in [0.1, 0.15) is 5.75 Å². The van der Waals surface area contributed by atoms with Crippen LogP contribution < -0.4 is 5.73 Å². The summed E-state index contributed by atoms with van der Waals surface area (Å²) in [6, 6.07) is 0.319. The summed E-state index contributed by atoms with van der Waals surface area (Å²) in [5.74, 6) is -10.6. The van der Waals surface area contributed by atoms with Gasteiger partial charge in [0.15, 0.2) is 34.7 Å². The number of halogens is 1. The number of fused-ring (bicyclic) bond motifs is 3. The molecule has 38 heavy (non-hydrogen) atoms. The van der Waals surface area contributed by atoms with Gasteiger partial charge < -0.3 is 15.9 Å². The molecular weight excluding hydrogens is 514 g/mol. The van der Waals surface area contributed by atoms with Crippen molar-refractivity contribution in [2.75, 3.05) is 27.2 Å². The number of carbonyl (C=O) groups is 5. The zero-order chi connectivity index (χ0) is 27.7. The molecule has 3 fully saturated rings. The number of rotatable bonds is 4. The van der Waals surface area contributed by atoms with Crippen LogP contribution in [0.1, 0.15) is 47.2 Å². The highest BCUT2D eigenvalue weighted by atomic mass is 35.5. The number of phenols is 1. The molecule has 0 radical (unpaired) electrons. The molecule has 6 unspecified atom stereocenters. The molecule has 6 atom stereocenters. The normalized spacial score (nSPS) is 33.7. The van der Waals surface area contributed by atoms with Crippen LogP contribution >= 0.6 is 11.6 Å². The number of nitrogens with two attached hydrogens (primary N) is 1. The van der Waals surface area contributed by atoms with Gasteiger partial charge in [-0.25, -0.2) is 0 Å². The number of likely N-dealkylation sites (tertiary alicyclic amines) is 1. The van der Waals surface area contributed by atoms with Crippen molar-refractivity contribution >= 4 is 40.6 Å². The molecule has 2 saturated carbocycles. The molecule has 5 rings (SSSR count). The summed E-state index contributed by atoms with van der Waals surface area (Å²) in [5, 5.41) is 22.9. The van der Waals surface area contributed by atoms with Crippen LogP contribution in [-0.2, 0) is 32.1 Å². The van der Waals surface area contributed by atoms with E-state index in [1.807, 2.05) is 0 Å². The number of Topliss-reactive ketones (excluding diaryl/α,β-unsaturated/α-hetero) is 4. The van der Waals surface area contributed by atoms with E-state index in [9.17, 15) is 34.2 Å². The predicted octanol–water partition coefficient (Wildman–Crippen LogP) is 0.506. The van der Waals surface area contributed by atoms with E-state index in [2.05, 4.69) is 4.90 Å². The van der Waals surface area contributed by atoms with E-state index in [-0.39, 0.29) is 24.2 Å². The van der Waals surface area contributed by atoms with E-state index in [1.54, 1.807) is 14.1 Å². The second-order valence-corrected chi connectivity index (χ2v) is 11.7. The number of piperidine rings is 1. The highest BCUT2D eigenvalue weighted by Crippen LogP contribution is 2.51. The maximum absolute atomic E-state index is 13.8. The van der Waals surface area contributed by atoms with E-state index >= 15 is 0 Å². The lowest BCUT2D eigenvalue weighted by Crippen LogP contribution is -2.74. The number of benzene rings is 1. The Hall–Kier alpha value is -2.66. The third-order valence-corrected chi connectivity index (χ3v) is 9.38. The van der Waals surface area contributed by atoms with E-state index in [0.717, 1.165) is 32.4 Å². The Kier molecular flexibility index (Phi) is 6.74. The van der Waals surface area contributed by atoms with Gasteiger partial charge in [0.2, 0.25) is 5.91 Å². The second-order valence-electron chi connectivity index (χ2n) is 11.3. The first-order valence-corrected chi connectivity index (χ1v) is 13.4. The zero-order valence-electron chi connectivity index (χ0n) is 21.4. The smallest absolute Gasteiger partial charge is 0.235 e. The quantitative estimate of drug-likeness (QED) is 0.458. The Balaban J connectivity index is 1.57. The molecule has 1 heterocycles. The molecule has 1 aromatic rings. The Morgan fingerprint density at radius 1 is 1.16 bits per heavy atom. The molecule has 0 aromatic heterocycles. The van der Waals surface area contributed by atoms with Crippen LogP contribution in [0, 0.1) is 23.7 Å². The molecule has 4 N–H and O–H groups in total. The first-order chi connectivity index (χ1) is 17.9. The van der Waals surface area contributed by atoms with Crippen molar-refractivity contribution in [1.29, 1.82) is 0 Å². The Labute approximate surface area is 225 Å². The monoisotopic (exact) mass is 545 g/mol. The number of aromatic hydroxyl groups is 1. The van der Waals surface area contributed by atoms with Gasteiger partial charge >= 0.3 is 0 Å². The van der Waals surface area contributed by atoms with Gasteiger partial charge in [-0.05, 0) is 76.0 Å². The second kappa shape index (κ2) is 9.51. The van der Waals surface area contributed by atoms with E-state index < -0.39 is 64.4 Å². The van der Waals surface area contributed by atoms with Crippen molar-refractivity contribution in [2.45, 2.75) is 50.3 Å². The zero-order valence-corrected chi connectivity index (χ0v) is 22.2. The fourth-order valence-corrected chi connectivity index (χ4v) is 7.47. The molecule has 0 spiro atoms. The number of amides is 1. The molecule has 204 valence electrons. The van der Waals surface area contributed by atoms with Crippen LogP contribution in [0.5, 0.6) is 5.75 Å². The molecule has 0 bridgehead atoms. The molecule has 1 amide bonds. The van der Waals surface area contributed by atoms with E-state index in [0.29, 0.717) is 22.7 Å². The molecule has 3 aliphatic carbocycles. The summed E-state index contributed by atoms with van der Waals surface area (Å²) in [4.78, 5) is 69.8. The summed E-state index contributed by atoms with van der Waals surface area (Å²) >= 11 is 6.80. The van der Waals surface area contributed by atoms with Gasteiger partial charge in [0.05, 0.1) is 17.5 Å². The van der Waals surface area contributed by atoms with Gasteiger partial charge in [0.25, 0.3) is 0 Å². The molecule has 1 aromatic carbocycles. The number of hydrogen-bond acceptors (Lipinski definition) is 9. The standard InChI is InChI=1S/C27H32ClN3O7/c1-30(2)21-15-9-12-8-14-18(16(32)10-13(20(14)28)11-31-6-4-3-5-7-31)22(33)17(12)24(35)27(15,38)25(36)19(23(21)34)26(29)37/h10,12,15,17,19,21,32,38H,3-9,11H2,1-2H3,(H2,29,37). The summed E-state index contributed by atoms with van der Waals surface area (Å²) in [6.45, 7) is 2.34. The number of likely N-dealkylation sites (N-methyl/N-ethyl adjacent to an activating group) is 1. The van der Waals surface area contributed by atoms with Crippen molar-refractivity contribution in [3.63, 3.8) is 0 Å². The summed E-state index contributed by atoms with van der Waals surface area (Å²) in [7, 11) is 3.10. The Morgan fingerprint density at radius 2 is 1.82 bits per heavy atom. The fraction of sp³-hybridized carbons (Fsp3) is 0.593. The fourth-order valence-electron chi connectivity index (χ4n) is 7.18. The Morgan fingerprint density at radius 3 is 2.42 bits per heavy atom. The molecule has 11 heteroatoms. The van der Waals surface area contributed by atoms with Gasteiger partial charge in [-0.2, -0.15) is 0 Å². The predicted molar refractivity (Wildman–Crippen MR) is 135 cm³/mol. The van der Waals surface area contributed by atoms with E-state index in [1.165, 1.54) is 11.0 Å². The average molecular weight is 546 g/mol. The van der Waals surface area contributed by atoms with Crippen molar-refractivity contribution in [3.8, 4) is 5.75 Å². The third kappa shape index (κ3) is 3.84. The van der Waals surface area contributed by atoms with Crippen molar-refractivity contribution < 1.29 is 34.2 Å². The van der Waals surface area contributed by atoms with Gasteiger partial charge in [-0.1, -0.05) is 18.0 Å². The first kappa shape index (κ1) is 26.9. The summed E-state index contributed by atoms with van der Waals surface area (Å²) in [5.41, 5.74) is 3.65. The number of carbonyl (C=O) groups excluding carboxylic acids is 5. The Bertz CT molecular complexity index is 1260. The topological polar surface area (TPSA) is 158 Å². The third-order valence-electron chi connectivity index (χ3n) is 8.91. The molecule has 1 saturated heterocycles. The maximum atomic E-state index is 13.8. The van der Waals surface area contributed by atoms with Crippen molar-refractivity contribution in [1.82, 2.24) is 9.80 Å². The van der Waals surface area contributed by atoms with Crippen LogP contribution in [0.4, 0.5) is 0 Å². The SMILES string of the molecule is CN(C)C1C(=O)C(C(N)=O)C(=O)C2(O)C(=O)C3C(=O)c4c(O)cc(CN5CCCCC5)c(Cl)c4CC3CC12. The lowest BCUT2D eigenvalue weighted by molar-refractivity contribution is -0.181. The minimum atomic E-state index is -2.73. The minimum Gasteiger partial charge on any atom is -0.507 e. The number of hydrogen-bond donors (Lipinski definition) is 3. The number of phenolic OH excluding ortho intramolecular Hbond substituents is 1. The number of primary amides is 1. The lowest BCUT2D eigenvalue weighted by Gasteiger charge is -2.52. The van der Waals surface area contributed by atoms with Gasteiger partial charge in [0, 0.05) is 17.5 Å². The molecule has 10 nitrogen and oxygen atoms in total. The molecule has 1 aliphatic heterocycles. The maximum Gasteiger partial charge on any atom is 0.235 e. The van der Waals surface area contributed by atoms with E-state index in [4.69, 9.17) is 17.3 Å². The highest BCUT2D eigenvalue weighted by molar-refractivity contribution is 6.34. The van der Waals surface area contributed by atoms with Crippen LogP contribution in [0.2, 0.25) is 5.02 Å². The first-order valence-electron chi connectivity index (χ1n) is 13.0. The van der Waals surface area contributed by atoms with Gasteiger partial charge in [-0.3, -0.25) is 33.8 Å². The highest BCUT2D eigenvalue weighted by Gasteiger charge is 2.69.